The number of ether oxygens (including phenoxy) is 3. The van der Waals surface area contributed by atoms with Gasteiger partial charge < -0.3 is 50.8 Å². The minimum Gasteiger partial charge on any atom is -0.488 e. The molecule has 0 fully saturated rings. The van der Waals surface area contributed by atoms with Gasteiger partial charge in [0.25, 0.3) is 0 Å². The molecule has 0 saturated carbocycles. The minimum absolute atomic E-state index is 0.0000414. The predicted octanol–water partition coefficient (Wildman–Crippen LogP) is 4.84. The van der Waals surface area contributed by atoms with E-state index in [0.29, 0.717) is 77.8 Å². The number of likely N-dealkylation sites (N-methyl/N-ethyl adjacent to an activating group) is 1. The fraction of sp³-hybridized carbons (Fsp3) is 0.421. The summed E-state index contributed by atoms with van der Waals surface area (Å²) in [6.45, 7) is 4.16. The van der Waals surface area contributed by atoms with Crippen LogP contribution in [0.1, 0.15) is 51.5 Å². The third kappa shape index (κ3) is 10.1. The maximum Gasteiger partial charge on any atom is 0.321 e. The van der Waals surface area contributed by atoms with Crippen molar-refractivity contribution in [2.75, 3.05) is 55.2 Å². The zero-order chi connectivity index (χ0) is 37.2. The van der Waals surface area contributed by atoms with Crippen molar-refractivity contribution in [2.24, 2.45) is 5.92 Å². The van der Waals surface area contributed by atoms with Crippen LogP contribution >= 0.6 is 0 Å². The second-order valence-corrected chi connectivity index (χ2v) is 13.3. The number of benzene rings is 3. The fourth-order valence-corrected chi connectivity index (χ4v) is 6.07. The number of carbonyl (C=O) groups excluding carboxylic acids is 4. The summed E-state index contributed by atoms with van der Waals surface area (Å²) in [7, 11) is 1.67. The Balaban J connectivity index is 1.19. The molecule has 2 aliphatic rings. The number of carbonyl (C=O) groups is 4. The lowest BCUT2D eigenvalue weighted by Gasteiger charge is -2.34. The Hall–Kier alpha value is -5.50. The number of urea groups is 1. The number of rotatable bonds is 13. The zero-order valence-corrected chi connectivity index (χ0v) is 29.9. The van der Waals surface area contributed by atoms with Crippen LogP contribution in [0.2, 0.25) is 0 Å². The van der Waals surface area contributed by atoms with Crippen molar-refractivity contribution >= 4 is 46.5 Å². The van der Waals surface area contributed by atoms with Crippen molar-refractivity contribution in [2.45, 2.75) is 64.5 Å². The van der Waals surface area contributed by atoms with Gasteiger partial charge in [0.15, 0.2) is 11.5 Å². The Morgan fingerprint density at radius 2 is 1.60 bits per heavy atom. The van der Waals surface area contributed by atoms with Crippen LogP contribution in [-0.2, 0) is 20.8 Å². The first-order chi connectivity index (χ1) is 25.0. The molecule has 14 nitrogen and oxygen atoms in total. The first-order valence-corrected chi connectivity index (χ1v) is 17.6. The molecule has 0 unspecified atom stereocenters. The summed E-state index contributed by atoms with van der Waals surface area (Å²) in [6, 6.07) is 16.6. The summed E-state index contributed by atoms with van der Waals surface area (Å²) in [5.74, 6) is 0.921. The molecular weight excluding hydrogens is 668 g/mol. The summed E-state index contributed by atoms with van der Waals surface area (Å²) < 4.78 is 17.3. The number of nitrogens with two attached hydrogens (primary N) is 1. The molecule has 0 spiro atoms. The molecule has 278 valence electrons. The Bertz CT molecular complexity index is 1750. The van der Waals surface area contributed by atoms with Crippen molar-refractivity contribution < 1.29 is 38.5 Å². The fourth-order valence-electron chi connectivity index (χ4n) is 6.07. The molecule has 3 atom stereocenters. The van der Waals surface area contributed by atoms with Crippen molar-refractivity contribution in [1.82, 2.24) is 9.80 Å². The number of unbranched alkanes of at least 4 members (excludes halogenated alkanes) is 2. The smallest absolute Gasteiger partial charge is 0.321 e. The third-order valence-electron chi connectivity index (χ3n) is 9.17. The maximum atomic E-state index is 13.6. The lowest BCUT2D eigenvalue weighted by Crippen LogP contribution is -2.48. The number of amides is 5. The van der Waals surface area contributed by atoms with Crippen LogP contribution in [-0.4, -0.2) is 84.3 Å². The van der Waals surface area contributed by atoms with E-state index in [1.54, 1.807) is 79.5 Å². The number of hydrogen-bond donors (Lipinski definition) is 5. The van der Waals surface area contributed by atoms with Gasteiger partial charge in [-0.15, -0.1) is 0 Å². The number of anilines is 4. The van der Waals surface area contributed by atoms with Gasteiger partial charge in [-0.3, -0.25) is 14.4 Å². The highest BCUT2D eigenvalue weighted by atomic mass is 16.7. The van der Waals surface area contributed by atoms with Gasteiger partial charge >= 0.3 is 6.03 Å². The molecule has 3 aromatic rings. The van der Waals surface area contributed by atoms with Crippen LogP contribution in [0.3, 0.4) is 0 Å². The van der Waals surface area contributed by atoms with E-state index in [9.17, 15) is 24.3 Å². The third-order valence-corrected chi connectivity index (χ3v) is 9.17. The normalized spacial score (nSPS) is 17.1. The number of hydrogen-bond acceptors (Lipinski definition) is 9. The molecule has 6 N–H and O–H groups in total. The average molecular weight is 717 g/mol. The molecule has 5 amide bonds. The summed E-state index contributed by atoms with van der Waals surface area (Å²) in [6.07, 6.45) is 1.99. The second kappa shape index (κ2) is 17.6. The highest BCUT2D eigenvalue weighted by Gasteiger charge is 2.32. The number of para-hydroxylation sites is 2. The van der Waals surface area contributed by atoms with Crippen LogP contribution < -0.4 is 35.9 Å². The summed E-state index contributed by atoms with van der Waals surface area (Å²) >= 11 is 0. The lowest BCUT2D eigenvalue weighted by atomic mass is 10.0. The number of nitrogen functional groups attached to an aromatic ring is 1. The van der Waals surface area contributed by atoms with E-state index in [-0.39, 0.29) is 62.5 Å². The molecule has 52 heavy (non-hydrogen) atoms. The van der Waals surface area contributed by atoms with Crippen LogP contribution in [0, 0.1) is 5.92 Å². The first-order valence-electron chi connectivity index (χ1n) is 17.6. The van der Waals surface area contributed by atoms with Crippen LogP contribution in [0.15, 0.2) is 60.7 Å². The van der Waals surface area contributed by atoms with E-state index in [2.05, 4.69) is 16.0 Å². The maximum absolute atomic E-state index is 13.6. The molecule has 2 aliphatic heterocycles. The number of aliphatic hydroxyl groups is 1. The van der Waals surface area contributed by atoms with Crippen LogP contribution in [0.4, 0.5) is 27.5 Å². The quantitative estimate of drug-likeness (QED) is 0.122. The molecule has 0 saturated heterocycles. The molecule has 2 heterocycles. The van der Waals surface area contributed by atoms with E-state index in [0.717, 1.165) is 0 Å². The van der Waals surface area contributed by atoms with E-state index < -0.39 is 12.1 Å². The Morgan fingerprint density at radius 3 is 2.33 bits per heavy atom. The summed E-state index contributed by atoms with van der Waals surface area (Å²) in [4.78, 5) is 55.1. The van der Waals surface area contributed by atoms with Crippen molar-refractivity contribution in [1.29, 1.82) is 0 Å². The largest absolute Gasteiger partial charge is 0.488 e. The van der Waals surface area contributed by atoms with Gasteiger partial charge in [-0.25, -0.2) is 4.79 Å². The van der Waals surface area contributed by atoms with Gasteiger partial charge in [-0.2, -0.15) is 0 Å². The van der Waals surface area contributed by atoms with Gasteiger partial charge in [0.2, 0.25) is 24.5 Å². The molecular formula is C38H48N6O8. The molecule has 0 radical (unpaired) electrons. The lowest BCUT2D eigenvalue weighted by molar-refractivity contribution is -0.134. The summed E-state index contributed by atoms with van der Waals surface area (Å²) in [5.41, 5.74) is 8.63. The monoisotopic (exact) mass is 716 g/mol. The van der Waals surface area contributed by atoms with Crippen LogP contribution in [0.5, 0.6) is 17.2 Å². The SMILES string of the molecule is C[C@@H]1CN([C@H](C)CO)C(=O)Cc2cc(NC(=O)CCCCCC(=O)Nc3ccccc3N)ccc2O[C@@H]1CN(C)C(=O)Nc1ccc2c(c1)OCO2. The zero-order valence-electron chi connectivity index (χ0n) is 29.9. The topological polar surface area (TPSA) is 185 Å². The predicted molar refractivity (Wildman–Crippen MR) is 197 cm³/mol. The van der Waals surface area contributed by atoms with Crippen molar-refractivity contribution in [3.8, 4) is 17.2 Å². The number of fused-ring (bicyclic) bond motifs is 2. The molecule has 3 aromatic carbocycles. The molecule has 0 bridgehead atoms. The van der Waals surface area contributed by atoms with E-state index in [1.807, 2.05) is 6.92 Å². The van der Waals surface area contributed by atoms with Crippen molar-refractivity contribution in [3.05, 3.63) is 66.2 Å². The van der Waals surface area contributed by atoms with Gasteiger partial charge in [-0.05, 0) is 62.2 Å². The standard InChI is InChI=1S/C38H48N6O8/c1-24-20-44(25(2)22-45)37(48)18-26-17-27(40-35(46)11-5-4-6-12-36(47)42-30-10-8-7-9-29(30)39)13-15-31(26)52-34(24)21-43(3)38(49)41-28-14-16-32-33(19-28)51-23-50-32/h7-10,13-17,19,24-25,34,45H,4-6,11-12,18,20-23,39H2,1-3H3,(H,40,46)(H,41,49)(H,42,47)/t24-,25-,34-/m1/s1. The molecule has 5 rings (SSSR count). The first kappa shape index (κ1) is 37.7. The Labute approximate surface area is 303 Å². The summed E-state index contributed by atoms with van der Waals surface area (Å²) in [5, 5.41) is 18.6. The van der Waals surface area contributed by atoms with E-state index in [1.165, 1.54) is 4.90 Å². The highest BCUT2D eigenvalue weighted by molar-refractivity contribution is 5.94. The van der Waals surface area contributed by atoms with Crippen LogP contribution in [0.25, 0.3) is 0 Å². The van der Waals surface area contributed by atoms with Crippen molar-refractivity contribution in [3.63, 3.8) is 0 Å². The number of nitrogens with one attached hydrogen (secondary N) is 3. The average Bonchev–Trinajstić information content (AvgIpc) is 3.60. The second-order valence-electron chi connectivity index (χ2n) is 13.3. The van der Waals surface area contributed by atoms with E-state index in [4.69, 9.17) is 19.9 Å². The van der Waals surface area contributed by atoms with Gasteiger partial charge in [0, 0.05) is 55.4 Å². The molecule has 0 aliphatic carbocycles. The minimum atomic E-state index is -0.516. The van der Waals surface area contributed by atoms with Gasteiger partial charge in [-0.1, -0.05) is 25.5 Å². The molecule has 0 aromatic heterocycles. The highest BCUT2D eigenvalue weighted by Crippen LogP contribution is 2.34. The Morgan fingerprint density at radius 1 is 0.923 bits per heavy atom. The Kier molecular flexibility index (Phi) is 12.8. The molecule has 14 heteroatoms. The van der Waals surface area contributed by atoms with Gasteiger partial charge in [0.1, 0.15) is 11.9 Å². The van der Waals surface area contributed by atoms with Gasteiger partial charge in [0.05, 0.1) is 37.0 Å². The number of aliphatic hydroxyl groups excluding tert-OH is 1. The number of nitrogens with zero attached hydrogens (tertiary/aromatic N) is 2. The van der Waals surface area contributed by atoms with E-state index >= 15 is 0 Å².